The van der Waals surface area contributed by atoms with Crippen LogP contribution in [0.25, 0.3) is 0 Å². The van der Waals surface area contributed by atoms with Gasteiger partial charge in [-0.2, -0.15) is 0 Å². The SMILES string of the molecule is Cl.O=CN1C[C@H]2CNC[C@H]2C1. The molecular formula is C7H13ClN2O. The van der Waals surface area contributed by atoms with Gasteiger partial charge in [-0.3, -0.25) is 4.79 Å². The van der Waals surface area contributed by atoms with E-state index in [0.29, 0.717) is 0 Å². The molecule has 0 spiro atoms. The lowest BCUT2D eigenvalue weighted by molar-refractivity contribution is -0.117. The molecule has 2 saturated heterocycles. The van der Waals surface area contributed by atoms with Crippen LogP contribution in [-0.2, 0) is 4.79 Å². The zero-order valence-electron chi connectivity index (χ0n) is 6.32. The molecule has 64 valence electrons. The van der Waals surface area contributed by atoms with Crippen molar-refractivity contribution in [2.75, 3.05) is 26.2 Å². The van der Waals surface area contributed by atoms with E-state index in [1.807, 2.05) is 4.90 Å². The van der Waals surface area contributed by atoms with Crippen LogP contribution in [0.3, 0.4) is 0 Å². The van der Waals surface area contributed by atoms with Crippen molar-refractivity contribution in [1.29, 1.82) is 0 Å². The number of rotatable bonds is 1. The van der Waals surface area contributed by atoms with Crippen LogP contribution in [0, 0.1) is 11.8 Å². The maximum Gasteiger partial charge on any atom is 0.209 e. The summed E-state index contributed by atoms with van der Waals surface area (Å²) in [5.41, 5.74) is 0. The van der Waals surface area contributed by atoms with Gasteiger partial charge in [0.2, 0.25) is 6.41 Å². The van der Waals surface area contributed by atoms with Gasteiger partial charge in [-0.15, -0.1) is 12.4 Å². The van der Waals surface area contributed by atoms with Crippen LogP contribution in [0.1, 0.15) is 0 Å². The van der Waals surface area contributed by atoms with E-state index in [1.165, 1.54) is 0 Å². The molecule has 11 heavy (non-hydrogen) atoms. The third kappa shape index (κ3) is 1.49. The summed E-state index contributed by atoms with van der Waals surface area (Å²) in [7, 11) is 0. The summed E-state index contributed by atoms with van der Waals surface area (Å²) in [6, 6.07) is 0. The van der Waals surface area contributed by atoms with Gasteiger partial charge < -0.3 is 10.2 Å². The second-order valence-electron chi connectivity index (χ2n) is 3.24. The van der Waals surface area contributed by atoms with Gasteiger partial charge >= 0.3 is 0 Å². The number of nitrogens with one attached hydrogen (secondary N) is 1. The van der Waals surface area contributed by atoms with Gasteiger partial charge in [0, 0.05) is 26.2 Å². The first-order valence-corrected chi connectivity index (χ1v) is 3.80. The van der Waals surface area contributed by atoms with Gasteiger partial charge in [-0.1, -0.05) is 0 Å². The van der Waals surface area contributed by atoms with Gasteiger partial charge in [-0.05, 0) is 11.8 Å². The zero-order chi connectivity index (χ0) is 6.97. The van der Waals surface area contributed by atoms with Gasteiger partial charge in [0.15, 0.2) is 0 Å². The lowest BCUT2D eigenvalue weighted by Crippen LogP contribution is -2.24. The summed E-state index contributed by atoms with van der Waals surface area (Å²) < 4.78 is 0. The molecular weight excluding hydrogens is 164 g/mol. The number of carbonyl (C=O) groups excluding carboxylic acids is 1. The Labute approximate surface area is 72.5 Å². The first kappa shape index (κ1) is 8.81. The van der Waals surface area contributed by atoms with Gasteiger partial charge in [0.1, 0.15) is 0 Å². The van der Waals surface area contributed by atoms with Crippen LogP contribution >= 0.6 is 12.4 Å². The van der Waals surface area contributed by atoms with E-state index >= 15 is 0 Å². The molecule has 2 aliphatic heterocycles. The third-order valence-corrected chi connectivity index (χ3v) is 2.57. The van der Waals surface area contributed by atoms with Gasteiger partial charge in [0.05, 0.1) is 0 Å². The van der Waals surface area contributed by atoms with Crippen LogP contribution in [0.2, 0.25) is 0 Å². The predicted molar refractivity (Wildman–Crippen MR) is 44.7 cm³/mol. The van der Waals surface area contributed by atoms with Crippen LogP contribution < -0.4 is 5.32 Å². The topological polar surface area (TPSA) is 32.3 Å². The van der Waals surface area contributed by atoms with Crippen molar-refractivity contribution in [1.82, 2.24) is 10.2 Å². The number of halogens is 1. The molecule has 2 aliphatic rings. The number of hydrogen-bond acceptors (Lipinski definition) is 2. The van der Waals surface area contributed by atoms with E-state index < -0.39 is 0 Å². The second kappa shape index (κ2) is 3.41. The highest BCUT2D eigenvalue weighted by atomic mass is 35.5. The second-order valence-corrected chi connectivity index (χ2v) is 3.24. The quantitative estimate of drug-likeness (QED) is 0.558. The molecule has 0 bridgehead atoms. The maximum absolute atomic E-state index is 10.3. The first-order valence-electron chi connectivity index (χ1n) is 3.80. The Balaban J connectivity index is 0.000000605. The zero-order valence-corrected chi connectivity index (χ0v) is 7.14. The molecule has 0 aromatic carbocycles. The van der Waals surface area contributed by atoms with Crippen molar-refractivity contribution in [3.8, 4) is 0 Å². The number of nitrogens with zero attached hydrogens (tertiary/aromatic N) is 1. The van der Waals surface area contributed by atoms with Crippen molar-refractivity contribution in [3.63, 3.8) is 0 Å². The van der Waals surface area contributed by atoms with E-state index in [0.717, 1.165) is 44.4 Å². The number of amides is 1. The summed E-state index contributed by atoms with van der Waals surface area (Å²) in [6.07, 6.45) is 0.971. The predicted octanol–water partition coefficient (Wildman–Crippen LogP) is -0.284. The van der Waals surface area contributed by atoms with Crippen LogP contribution in [0.5, 0.6) is 0 Å². The fourth-order valence-electron chi connectivity index (χ4n) is 1.98. The highest BCUT2D eigenvalue weighted by Crippen LogP contribution is 2.24. The smallest absolute Gasteiger partial charge is 0.209 e. The Morgan fingerprint density at radius 1 is 1.27 bits per heavy atom. The van der Waals surface area contributed by atoms with Crippen molar-refractivity contribution < 1.29 is 4.79 Å². The van der Waals surface area contributed by atoms with Crippen LogP contribution in [0.15, 0.2) is 0 Å². The summed E-state index contributed by atoms with van der Waals surface area (Å²) in [6.45, 7) is 4.16. The summed E-state index contributed by atoms with van der Waals surface area (Å²) in [5, 5.41) is 3.33. The highest BCUT2D eigenvalue weighted by Gasteiger charge is 2.35. The van der Waals surface area contributed by atoms with E-state index in [9.17, 15) is 4.79 Å². The maximum atomic E-state index is 10.3. The lowest BCUT2D eigenvalue weighted by atomic mass is 10.0. The van der Waals surface area contributed by atoms with Crippen molar-refractivity contribution in [2.24, 2.45) is 11.8 Å². The molecule has 2 rings (SSSR count). The summed E-state index contributed by atoms with van der Waals surface area (Å²) >= 11 is 0. The first-order chi connectivity index (χ1) is 4.90. The molecule has 0 aromatic heterocycles. The number of hydrogen-bond donors (Lipinski definition) is 1. The minimum atomic E-state index is 0. The van der Waals surface area contributed by atoms with E-state index in [4.69, 9.17) is 0 Å². The van der Waals surface area contributed by atoms with E-state index in [1.54, 1.807) is 0 Å². The highest BCUT2D eigenvalue weighted by molar-refractivity contribution is 5.85. The van der Waals surface area contributed by atoms with Crippen molar-refractivity contribution in [2.45, 2.75) is 0 Å². The van der Waals surface area contributed by atoms with E-state index in [-0.39, 0.29) is 12.4 Å². The van der Waals surface area contributed by atoms with E-state index in [2.05, 4.69) is 5.32 Å². The molecule has 0 saturated carbocycles. The van der Waals surface area contributed by atoms with Crippen molar-refractivity contribution in [3.05, 3.63) is 0 Å². The summed E-state index contributed by atoms with van der Waals surface area (Å²) in [5.74, 6) is 1.48. The van der Waals surface area contributed by atoms with Gasteiger partial charge in [0.25, 0.3) is 0 Å². The molecule has 3 nitrogen and oxygen atoms in total. The minimum absolute atomic E-state index is 0. The Kier molecular flexibility index (Phi) is 2.73. The Morgan fingerprint density at radius 3 is 2.27 bits per heavy atom. The van der Waals surface area contributed by atoms with Crippen molar-refractivity contribution >= 4 is 18.8 Å². The molecule has 1 N–H and O–H groups in total. The van der Waals surface area contributed by atoms with Crippen LogP contribution in [-0.4, -0.2) is 37.5 Å². The molecule has 2 atom stereocenters. The average molecular weight is 177 g/mol. The molecule has 0 radical (unpaired) electrons. The minimum Gasteiger partial charge on any atom is -0.345 e. The molecule has 4 heteroatoms. The molecule has 0 aliphatic carbocycles. The molecule has 0 aromatic rings. The Morgan fingerprint density at radius 2 is 1.82 bits per heavy atom. The Hall–Kier alpha value is -0.280. The third-order valence-electron chi connectivity index (χ3n) is 2.57. The number of likely N-dealkylation sites (tertiary alicyclic amines) is 1. The molecule has 2 fully saturated rings. The standard InChI is InChI=1S/C7H12N2O.ClH/c10-5-9-3-6-1-8-2-7(6)4-9;/h5-8H,1-4H2;1H/t6-,7+;. The lowest BCUT2D eigenvalue weighted by Gasteiger charge is -2.08. The summed E-state index contributed by atoms with van der Waals surface area (Å²) in [4.78, 5) is 12.2. The average Bonchev–Trinajstić information content (AvgIpc) is 2.42. The molecule has 0 unspecified atom stereocenters. The van der Waals surface area contributed by atoms with Gasteiger partial charge in [-0.25, -0.2) is 0 Å². The normalized spacial score (nSPS) is 34.7. The molecule has 2 heterocycles. The number of fused-ring (bicyclic) bond motifs is 1. The molecule has 1 amide bonds. The fourth-order valence-corrected chi connectivity index (χ4v) is 1.98. The largest absolute Gasteiger partial charge is 0.345 e. The number of carbonyl (C=O) groups is 1. The monoisotopic (exact) mass is 176 g/mol. The Bertz CT molecular complexity index is 141. The van der Waals surface area contributed by atoms with Crippen LogP contribution in [0.4, 0.5) is 0 Å². The fraction of sp³-hybridized carbons (Fsp3) is 0.857.